The Bertz CT molecular complexity index is 1190. The molecule has 1 aliphatic heterocycles. The quantitative estimate of drug-likeness (QED) is 0.473. The van der Waals surface area contributed by atoms with E-state index in [4.69, 9.17) is 0 Å². The predicted molar refractivity (Wildman–Crippen MR) is 103 cm³/mol. The minimum atomic E-state index is -3.51. The molecule has 3 aromatic rings. The second kappa shape index (κ2) is 4.80. The molecule has 2 heterocycles. The lowest BCUT2D eigenvalue weighted by Gasteiger charge is -2.23. The number of nitrogens with zero attached hydrogens (tertiary/aromatic N) is 1. The summed E-state index contributed by atoms with van der Waals surface area (Å²) in [5.74, 6) is 2.04. The average Bonchev–Trinajstić information content (AvgIpc) is 3.36. The molecule has 2 fully saturated rings. The van der Waals surface area contributed by atoms with Gasteiger partial charge in [-0.3, -0.25) is 0 Å². The van der Waals surface area contributed by atoms with Crippen molar-refractivity contribution in [2.24, 2.45) is 11.8 Å². The molecule has 1 aromatic heterocycles. The van der Waals surface area contributed by atoms with Crippen molar-refractivity contribution in [2.45, 2.75) is 43.4 Å². The van der Waals surface area contributed by atoms with Crippen LogP contribution in [0.2, 0.25) is 0 Å². The maximum absolute atomic E-state index is 13.4. The molecule has 3 atom stereocenters. The first-order chi connectivity index (χ1) is 12.6. The maximum Gasteiger partial charge on any atom is 0.269 e. The fraction of sp³-hybridized carbons (Fsp3) is 0.364. The molecule has 26 heavy (non-hydrogen) atoms. The van der Waals surface area contributed by atoms with Gasteiger partial charge in [0.05, 0.1) is 16.1 Å². The Morgan fingerprint density at radius 2 is 1.88 bits per heavy atom. The highest BCUT2D eigenvalue weighted by molar-refractivity contribution is 7.90. The summed E-state index contributed by atoms with van der Waals surface area (Å²) in [6.45, 7) is 2.04. The summed E-state index contributed by atoms with van der Waals surface area (Å²) < 4.78 is 28.3. The molecule has 6 rings (SSSR count). The van der Waals surface area contributed by atoms with E-state index in [2.05, 4.69) is 12.1 Å². The zero-order valence-corrected chi connectivity index (χ0v) is 15.6. The molecular formula is C22H21NO2S. The van der Waals surface area contributed by atoms with Crippen LogP contribution in [0.5, 0.6) is 0 Å². The van der Waals surface area contributed by atoms with Gasteiger partial charge >= 0.3 is 0 Å². The van der Waals surface area contributed by atoms with Crippen molar-refractivity contribution in [3.05, 3.63) is 53.6 Å². The van der Waals surface area contributed by atoms with Gasteiger partial charge in [-0.25, -0.2) is 12.4 Å². The van der Waals surface area contributed by atoms with E-state index in [1.165, 1.54) is 31.2 Å². The van der Waals surface area contributed by atoms with E-state index in [1.54, 1.807) is 10.0 Å². The van der Waals surface area contributed by atoms with Gasteiger partial charge in [-0.05, 0) is 67.7 Å². The summed E-state index contributed by atoms with van der Waals surface area (Å²) in [7, 11) is -3.51. The van der Waals surface area contributed by atoms with Gasteiger partial charge < -0.3 is 0 Å². The van der Waals surface area contributed by atoms with Crippen LogP contribution in [0.4, 0.5) is 0 Å². The summed E-state index contributed by atoms with van der Waals surface area (Å²) in [6, 6.07) is 13.8. The molecular weight excluding hydrogens is 342 g/mol. The van der Waals surface area contributed by atoms with Crippen molar-refractivity contribution < 1.29 is 8.42 Å². The van der Waals surface area contributed by atoms with Gasteiger partial charge in [0, 0.05) is 10.9 Å². The van der Waals surface area contributed by atoms with Crippen LogP contribution in [0.15, 0.2) is 47.4 Å². The first-order valence-electron chi connectivity index (χ1n) is 9.55. The zero-order valence-electron chi connectivity index (χ0n) is 14.8. The van der Waals surface area contributed by atoms with Gasteiger partial charge in [0.2, 0.25) is 0 Å². The zero-order chi connectivity index (χ0) is 17.6. The third-order valence-electron chi connectivity index (χ3n) is 6.89. The standard InChI is InChI=1S/C22H21NO2S/c1-13-6-9-20-18(10-13)22-21(17-12-14-7-8-15(17)11-14)16-4-2-3-5-19(16)23(22)26(20,24)25/h2-6,9-10,14-15,17H,7-8,11-12H2,1H3/t14-,15+,17+/m0/s1. The van der Waals surface area contributed by atoms with Crippen LogP contribution in [-0.2, 0) is 10.0 Å². The largest absolute Gasteiger partial charge is 0.269 e. The Hall–Kier alpha value is -2.07. The third kappa shape index (κ3) is 1.71. The minimum Gasteiger partial charge on any atom is -0.233 e. The van der Waals surface area contributed by atoms with Gasteiger partial charge in [0.15, 0.2) is 0 Å². The number of benzene rings is 2. The fourth-order valence-electron chi connectivity index (χ4n) is 5.87. The van der Waals surface area contributed by atoms with Crippen LogP contribution in [0.3, 0.4) is 0 Å². The molecule has 0 spiro atoms. The van der Waals surface area contributed by atoms with Crippen LogP contribution >= 0.6 is 0 Å². The van der Waals surface area contributed by atoms with Gasteiger partial charge in [-0.2, -0.15) is 0 Å². The van der Waals surface area contributed by atoms with Gasteiger partial charge in [0.25, 0.3) is 10.0 Å². The van der Waals surface area contributed by atoms with Crippen LogP contribution in [-0.4, -0.2) is 12.4 Å². The predicted octanol–water partition coefficient (Wildman–Crippen LogP) is 5.07. The highest BCUT2D eigenvalue weighted by Crippen LogP contribution is 2.58. The minimum absolute atomic E-state index is 0.466. The normalized spacial score (nSPS) is 27.8. The van der Waals surface area contributed by atoms with Crippen molar-refractivity contribution in [1.82, 2.24) is 3.97 Å². The lowest BCUT2D eigenvalue weighted by Crippen LogP contribution is -2.09. The van der Waals surface area contributed by atoms with E-state index in [-0.39, 0.29) is 0 Å². The molecule has 4 heteroatoms. The van der Waals surface area contributed by atoms with E-state index < -0.39 is 10.0 Å². The number of fused-ring (bicyclic) bond motifs is 7. The van der Waals surface area contributed by atoms with Gasteiger partial charge in [-0.1, -0.05) is 36.2 Å². The Labute approximate surface area is 153 Å². The molecule has 3 nitrogen and oxygen atoms in total. The Balaban J connectivity index is 1.75. The molecule has 0 saturated heterocycles. The fourth-order valence-corrected chi connectivity index (χ4v) is 7.59. The van der Waals surface area contributed by atoms with Crippen molar-refractivity contribution >= 4 is 20.9 Å². The lowest BCUT2D eigenvalue weighted by atomic mass is 9.81. The summed E-state index contributed by atoms with van der Waals surface area (Å²) in [6.07, 6.45) is 5.18. The van der Waals surface area contributed by atoms with Crippen LogP contribution in [0.1, 0.15) is 42.7 Å². The molecule has 2 bridgehead atoms. The van der Waals surface area contributed by atoms with Gasteiger partial charge in [-0.15, -0.1) is 0 Å². The molecule has 2 aliphatic carbocycles. The number of aromatic nitrogens is 1. The average molecular weight is 363 g/mol. The number of para-hydroxylation sites is 1. The van der Waals surface area contributed by atoms with Gasteiger partial charge in [0.1, 0.15) is 0 Å². The Morgan fingerprint density at radius 3 is 2.65 bits per heavy atom. The second-order valence-electron chi connectivity index (χ2n) is 8.33. The molecule has 132 valence electrons. The van der Waals surface area contributed by atoms with Crippen LogP contribution < -0.4 is 0 Å². The van der Waals surface area contributed by atoms with Crippen molar-refractivity contribution in [1.29, 1.82) is 0 Å². The summed E-state index contributed by atoms with van der Waals surface area (Å²) in [4.78, 5) is 0.466. The van der Waals surface area contributed by atoms with Crippen LogP contribution in [0.25, 0.3) is 22.2 Å². The van der Waals surface area contributed by atoms with Crippen LogP contribution in [0, 0.1) is 18.8 Å². The first-order valence-corrected chi connectivity index (χ1v) is 11.0. The number of hydrogen-bond donors (Lipinski definition) is 0. The maximum atomic E-state index is 13.4. The van der Waals surface area contributed by atoms with E-state index in [1.807, 2.05) is 31.2 Å². The first kappa shape index (κ1) is 15.0. The highest BCUT2D eigenvalue weighted by atomic mass is 32.2. The molecule has 0 N–H and O–H groups in total. The number of rotatable bonds is 1. The van der Waals surface area contributed by atoms with Crippen molar-refractivity contribution in [2.75, 3.05) is 0 Å². The van der Waals surface area contributed by atoms with E-state index in [9.17, 15) is 8.42 Å². The topological polar surface area (TPSA) is 39.1 Å². The van der Waals surface area contributed by atoms with E-state index >= 15 is 0 Å². The molecule has 0 radical (unpaired) electrons. The number of aryl methyl sites for hydroxylation is 1. The third-order valence-corrected chi connectivity index (χ3v) is 8.66. The Kier molecular flexibility index (Phi) is 2.78. The highest BCUT2D eigenvalue weighted by Gasteiger charge is 2.45. The van der Waals surface area contributed by atoms with Crippen molar-refractivity contribution in [3.63, 3.8) is 0 Å². The summed E-state index contributed by atoms with van der Waals surface area (Å²) in [5.41, 5.74) is 5.09. The number of hydrogen-bond acceptors (Lipinski definition) is 2. The smallest absolute Gasteiger partial charge is 0.233 e. The summed E-state index contributed by atoms with van der Waals surface area (Å²) in [5, 5.41) is 1.13. The molecule has 2 aromatic carbocycles. The molecule has 0 unspecified atom stereocenters. The lowest BCUT2D eigenvalue weighted by molar-refractivity contribution is 0.422. The SMILES string of the molecule is Cc1ccc2c(c1)-c1c([C@@H]3C[C@H]4CC[C@@H]3C4)c3ccccc3n1S2(=O)=O. The molecule has 2 saturated carbocycles. The van der Waals surface area contributed by atoms with E-state index in [0.717, 1.165) is 33.6 Å². The van der Waals surface area contributed by atoms with Crippen molar-refractivity contribution in [3.8, 4) is 11.3 Å². The molecule has 0 amide bonds. The Morgan fingerprint density at radius 1 is 1.04 bits per heavy atom. The van der Waals surface area contributed by atoms with E-state index in [0.29, 0.717) is 16.7 Å². The monoisotopic (exact) mass is 363 g/mol. The summed E-state index contributed by atoms with van der Waals surface area (Å²) >= 11 is 0. The second-order valence-corrected chi connectivity index (χ2v) is 10.1. The molecule has 3 aliphatic rings.